The minimum absolute atomic E-state index is 0.0387. The van der Waals surface area contributed by atoms with Crippen molar-refractivity contribution in [1.29, 1.82) is 0 Å². The number of nitrogens with one attached hydrogen (secondary N) is 2. The molecule has 0 saturated heterocycles. The molecule has 1 atom stereocenters. The van der Waals surface area contributed by atoms with Crippen LogP contribution in [0.25, 0.3) is 0 Å². The number of alkyl carbamates (subject to hydrolysis) is 2. The Labute approximate surface area is 107 Å². The lowest BCUT2D eigenvalue weighted by molar-refractivity contribution is -0.00862. The third kappa shape index (κ3) is 8.63. The van der Waals surface area contributed by atoms with E-state index < -0.39 is 18.3 Å². The first-order valence-corrected chi connectivity index (χ1v) is 6.06. The van der Waals surface area contributed by atoms with Gasteiger partial charge in [-0.3, -0.25) is 0 Å². The Morgan fingerprint density at radius 1 is 1.00 bits per heavy atom. The van der Waals surface area contributed by atoms with Crippen molar-refractivity contribution in [1.82, 2.24) is 10.6 Å². The van der Waals surface area contributed by atoms with Crippen LogP contribution in [0, 0.1) is 0 Å². The fraction of sp³-hybridized carbons (Fsp3) is 0.818. The molecule has 0 rings (SSSR count). The predicted octanol–water partition coefficient (Wildman–Crippen LogP) is 0.884. The van der Waals surface area contributed by atoms with Crippen LogP contribution in [0.3, 0.4) is 0 Å². The van der Waals surface area contributed by atoms with Gasteiger partial charge in [-0.2, -0.15) is 0 Å². The van der Waals surface area contributed by atoms with E-state index in [1.807, 2.05) is 6.92 Å². The number of hydrogen-bond acceptors (Lipinski definition) is 5. The van der Waals surface area contributed by atoms with E-state index in [9.17, 15) is 9.59 Å². The summed E-state index contributed by atoms with van der Waals surface area (Å²) in [4.78, 5) is 22.3. The van der Waals surface area contributed by atoms with E-state index in [4.69, 9.17) is 14.2 Å². The van der Waals surface area contributed by atoms with Gasteiger partial charge in [0, 0.05) is 19.7 Å². The standard InChI is InChI=1S/C11H22N2O5/c1-4-12-10(14)17-8-9(7-16-6-3)18-11(15)13-5-2/h9H,4-8H2,1-3H3,(H,12,14)(H,13,15). The zero-order valence-corrected chi connectivity index (χ0v) is 11.2. The number of amides is 2. The Balaban J connectivity index is 4.05. The van der Waals surface area contributed by atoms with Gasteiger partial charge in [0.25, 0.3) is 0 Å². The lowest BCUT2D eigenvalue weighted by Gasteiger charge is -2.17. The fourth-order valence-electron chi connectivity index (χ4n) is 1.07. The van der Waals surface area contributed by atoms with Crippen LogP contribution in [-0.4, -0.2) is 51.2 Å². The molecule has 0 saturated carbocycles. The van der Waals surface area contributed by atoms with Crippen LogP contribution >= 0.6 is 0 Å². The molecule has 2 N–H and O–H groups in total. The van der Waals surface area contributed by atoms with Gasteiger partial charge in [-0.15, -0.1) is 0 Å². The lowest BCUT2D eigenvalue weighted by Crippen LogP contribution is -2.36. The van der Waals surface area contributed by atoms with Gasteiger partial charge in [0.05, 0.1) is 6.61 Å². The molecule has 0 bridgehead atoms. The highest BCUT2D eigenvalue weighted by Crippen LogP contribution is 1.97. The summed E-state index contributed by atoms with van der Waals surface area (Å²) < 4.78 is 15.1. The maximum absolute atomic E-state index is 11.2. The molecule has 2 amide bonds. The van der Waals surface area contributed by atoms with Gasteiger partial charge in [-0.1, -0.05) is 0 Å². The highest BCUT2D eigenvalue weighted by Gasteiger charge is 2.16. The summed E-state index contributed by atoms with van der Waals surface area (Å²) in [5.41, 5.74) is 0. The Morgan fingerprint density at radius 2 is 1.61 bits per heavy atom. The van der Waals surface area contributed by atoms with Gasteiger partial charge in [0.1, 0.15) is 6.61 Å². The SMILES string of the molecule is CCNC(=O)OCC(COCC)OC(=O)NCC. The van der Waals surface area contributed by atoms with E-state index in [0.717, 1.165) is 0 Å². The van der Waals surface area contributed by atoms with Crippen molar-refractivity contribution in [3.63, 3.8) is 0 Å². The number of rotatable bonds is 8. The van der Waals surface area contributed by atoms with Crippen LogP contribution in [0.2, 0.25) is 0 Å². The molecule has 7 nitrogen and oxygen atoms in total. The van der Waals surface area contributed by atoms with E-state index in [1.54, 1.807) is 13.8 Å². The molecule has 0 aliphatic carbocycles. The second-order valence-electron chi connectivity index (χ2n) is 3.35. The highest BCUT2D eigenvalue weighted by atomic mass is 16.6. The normalized spacial score (nSPS) is 11.5. The highest BCUT2D eigenvalue weighted by molar-refractivity contribution is 5.68. The third-order valence-corrected chi connectivity index (χ3v) is 1.82. The molecule has 0 spiro atoms. The van der Waals surface area contributed by atoms with Crippen LogP contribution in [-0.2, 0) is 14.2 Å². The Bertz CT molecular complexity index is 248. The maximum atomic E-state index is 11.2. The van der Waals surface area contributed by atoms with Crippen molar-refractivity contribution in [2.75, 3.05) is 32.9 Å². The number of carbonyl (C=O) groups excluding carboxylic acids is 2. The van der Waals surface area contributed by atoms with E-state index in [1.165, 1.54) is 0 Å². The molecular formula is C11H22N2O5. The third-order valence-electron chi connectivity index (χ3n) is 1.82. The van der Waals surface area contributed by atoms with E-state index >= 15 is 0 Å². The van der Waals surface area contributed by atoms with Gasteiger partial charge in [0.15, 0.2) is 6.10 Å². The molecule has 0 fully saturated rings. The summed E-state index contributed by atoms with van der Waals surface area (Å²) >= 11 is 0. The summed E-state index contributed by atoms with van der Waals surface area (Å²) in [6.07, 6.45) is -1.71. The number of carbonyl (C=O) groups is 2. The summed E-state index contributed by atoms with van der Waals surface area (Å²) in [6, 6.07) is 0. The first-order valence-electron chi connectivity index (χ1n) is 6.06. The van der Waals surface area contributed by atoms with Crippen molar-refractivity contribution in [3.05, 3.63) is 0 Å². The molecule has 0 aromatic rings. The molecule has 0 aliphatic rings. The van der Waals surface area contributed by atoms with Gasteiger partial charge in [0.2, 0.25) is 0 Å². The monoisotopic (exact) mass is 262 g/mol. The lowest BCUT2D eigenvalue weighted by atomic mass is 10.4. The van der Waals surface area contributed by atoms with Crippen LogP contribution in [0.5, 0.6) is 0 Å². The second kappa shape index (κ2) is 10.6. The maximum Gasteiger partial charge on any atom is 0.407 e. The summed E-state index contributed by atoms with van der Waals surface area (Å²) in [5.74, 6) is 0. The zero-order valence-electron chi connectivity index (χ0n) is 11.2. The molecular weight excluding hydrogens is 240 g/mol. The largest absolute Gasteiger partial charge is 0.446 e. The molecule has 0 aromatic carbocycles. The zero-order chi connectivity index (χ0) is 13.8. The van der Waals surface area contributed by atoms with Crippen molar-refractivity contribution < 1.29 is 23.8 Å². The molecule has 0 aromatic heterocycles. The van der Waals surface area contributed by atoms with Crippen LogP contribution < -0.4 is 10.6 Å². The summed E-state index contributed by atoms with van der Waals surface area (Å²) in [6.45, 7) is 6.98. The molecule has 7 heteroatoms. The first-order chi connectivity index (χ1) is 8.63. The van der Waals surface area contributed by atoms with E-state index in [0.29, 0.717) is 19.7 Å². The van der Waals surface area contributed by atoms with Crippen LogP contribution in [0.15, 0.2) is 0 Å². The van der Waals surface area contributed by atoms with E-state index in [2.05, 4.69) is 10.6 Å². The fourth-order valence-corrected chi connectivity index (χ4v) is 1.07. The van der Waals surface area contributed by atoms with Gasteiger partial charge in [-0.05, 0) is 20.8 Å². The van der Waals surface area contributed by atoms with Crippen molar-refractivity contribution in [3.8, 4) is 0 Å². The number of hydrogen-bond donors (Lipinski definition) is 2. The smallest absolute Gasteiger partial charge is 0.407 e. The van der Waals surface area contributed by atoms with Crippen molar-refractivity contribution >= 4 is 12.2 Å². The summed E-state index contributed by atoms with van der Waals surface area (Å²) in [7, 11) is 0. The average Bonchev–Trinajstić information content (AvgIpc) is 2.33. The second-order valence-corrected chi connectivity index (χ2v) is 3.35. The van der Waals surface area contributed by atoms with Crippen molar-refractivity contribution in [2.24, 2.45) is 0 Å². The molecule has 0 aliphatic heterocycles. The Hall–Kier alpha value is -1.50. The van der Waals surface area contributed by atoms with Crippen molar-refractivity contribution in [2.45, 2.75) is 26.9 Å². The Morgan fingerprint density at radius 3 is 2.17 bits per heavy atom. The van der Waals surface area contributed by atoms with Crippen LogP contribution in [0.4, 0.5) is 9.59 Å². The average molecular weight is 262 g/mol. The topological polar surface area (TPSA) is 85.9 Å². The molecule has 1 unspecified atom stereocenters. The Kier molecular flexibility index (Phi) is 9.75. The van der Waals surface area contributed by atoms with Gasteiger partial charge < -0.3 is 24.8 Å². The number of ether oxygens (including phenoxy) is 3. The minimum Gasteiger partial charge on any atom is -0.446 e. The molecule has 18 heavy (non-hydrogen) atoms. The quantitative estimate of drug-likeness (QED) is 0.678. The molecule has 106 valence electrons. The first kappa shape index (κ1) is 16.5. The summed E-state index contributed by atoms with van der Waals surface area (Å²) in [5, 5.41) is 4.97. The molecule has 0 heterocycles. The minimum atomic E-state index is -0.612. The van der Waals surface area contributed by atoms with Gasteiger partial charge in [-0.25, -0.2) is 9.59 Å². The van der Waals surface area contributed by atoms with Crippen LogP contribution in [0.1, 0.15) is 20.8 Å². The van der Waals surface area contributed by atoms with Gasteiger partial charge >= 0.3 is 12.2 Å². The molecule has 0 radical (unpaired) electrons. The van der Waals surface area contributed by atoms with E-state index in [-0.39, 0.29) is 13.2 Å². The predicted molar refractivity (Wildman–Crippen MR) is 65.5 cm³/mol.